The summed E-state index contributed by atoms with van der Waals surface area (Å²) in [5.41, 5.74) is 0.339. The van der Waals surface area contributed by atoms with E-state index in [1.54, 1.807) is 11.0 Å². The molecule has 0 bridgehead atoms. The number of nitrogens with one attached hydrogen (secondary N) is 2. The first kappa shape index (κ1) is 25.3. The van der Waals surface area contributed by atoms with Gasteiger partial charge in [-0.2, -0.15) is 0 Å². The zero-order chi connectivity index (χ0) is 24.9. The molecule has 1 unspecified atom stereocenters. The largest absolute Gasteiger partial charge is 0.509 e. The van der Waals surface area contributed by atoms with Crippen LogP contribution in [0.4, 0.5) is 11.4 Å². The maximum Gasteiger partial charge on any atom is 0.261 e. The van der Waals surface area contributed by atoms with Crippen molar-refractivity contribution >= 4 is 46.4 Å². The van der Waals surface area contributed by atoms with Crippen LogP contribution in [0.15, 0.2) is 34.3 Å². The van der Waals surface area contributed by atoms with Crippen LogP contribution in [-0.2, 0) is 19.4 Å². The van der Waals surface area contributed by atoms with E-state index in [1.165, 1.54) is 12.1 Å². The molecule has 1 aromatic rings. The van der Waals surface area contributed by atoms with E-state index in [4.69, 9.17) is 0 Å². The molecule has 2 heterocycles. The Labute approximate surface area is 196 Å². The number of sulfonamides is 1. The lowest BCUT2D eigenvalue weighted by Crippen LogP contribution is -2.45. The molecule has 182 valence electrons. The highest BCUT2D eigenvalue weighted by atomic mass is 32.2. The van der Waals surface area contributed by atoms with Crippen LogP contribution in [0, 0.1) is 10.8 Å². The topological polar surface area (TPSA) is 128 Å². The van der Waals surface area contributed by atoms with E-state index in [9.17, 15) is 22.9 Å². The van der Waals surface area contributed by atoms with Crippen LogP contribution >= 0.6 is 7.95 Å². The molecule has 33 heavy (non-hydrogen) atoms. The molecule has 2 atom stereocenters. The van der Waals surface area contributed by atoms with E-state index < -0.39 is 29.4 Å². The number of aliphatic hydroxyl groups is 1. The van der Waals surface area contributed by atoms with Gasteiger partial charge in [0.15, 0.2) is 0 Å². The van der Waals surface area contributed by atoms with E-state index in [2.05, 4.69) is 35.6 Å². The molecule has 1 aromatic carbocycles. The van der Waals surface area contributed by atoms with Gasteiger partial charge in [-0.25, -0.2) is 13.2 Å². The van der Waals surface area contributed by atoms with E-state index in [0.29, 0.717) is 17.5 Å². The first-order chi connectivity index (χ1) is 15.0. The van der Waals surface area contributed by atoms with Gasteiger partial charge in [-0.05, 0) is 35.4 Å². The number of aliphatic hydroxyl groups excluding tert-OH is 1. The molecule has 0 radical (unpaired) electrons. The molecule has 11 heteroatoms. The molecular formula is C22H33N4O5PS. The van der Waals surface area contributed by atoms with Crippen LogP contribution in [0.5, 0.6) is 0 Å². The summed E-state index contributed by atoms with van der Waals surface area (Å²) in [7, 11) is -6.23. The van der Waals surface area contributed by atoms with Crippen LogP contribution in [0.2, 0.25) is 0 Å². The summed E-state index contributed by atoms with van der Waals surface area (Å²) in [6.07, 6.45) is 1.78. The van der Waals surface area contributed by atoms with Crippen LogP contribution in [-0.4, -0.2) is 49.0 Å². The smallest absolute Gasteiger partial charge is 0.261 e. The highest BCUT2D eigenvalue weighted by molar-refractivity contribution is 7.92. The Morgan fingerprint density at radius 3 is 2.39 bits per heavy atom. The second kappa shape index (κ2) is 8.47. The molecule has 0 fully saturated rings. The van der Waals surface area contributed by atoms with E-state index in [0.717, 1.165) is 12.7 Å². The van der Waals surface area contributed by atoms with Crippen molar-refractivity contribution in [3.05, 3.63) is 29.5 Å². The van der Waals surface area contributed by atoms with E-state index in [1.807, 2.05) is 20.8 Å². The maximum atomic E-state index is 13.4. The molecule has 0 saturated carbocycles. The average molecular weight is 497 g/mol. The Kier molecular flexibility index (Phi) is 6.50. The van der Waals surface area contributed by atoms with Gasteiger partial charge >= 0.3 is 0 Å². The molecule has 0 aliphatic carbocycles. The second-order valence-corrected chi connectivity index (χ2v) is 14.0. The monoisotopic (exact) mass is 496 g/mol. The third kappa shape index (κ3) is 5.61. The van der Waals surface area contributed by atoms with Crippen LogP contribution < -0.4 is 15.3 Å². The SMILES string of the molecule is CC(C)(C)CCN1C(=O)C(C2=N[PH](=O)c3cc(NS(C)(=O)=O)ccc3N2)=C(O)[C@@H]1C(C)(C)C. The number of hydrogen-bond acceptors (Lipinski definition) is 6. The molecular weight excluding hydrogens is 463 g/mol. The molecule has 2 aliphatic heterocycles. The lowest BCUT2D eigenvalue weighted by molar-refractivity contribution is -0.128. The summed E-state index contributed by atoms with van der Waals surface area (Å²) >= 11 is 0. The van der Waals surface area contributed by atoms with Gasteiger partial charge in [-0.15, -0.1) is 0 Å². The summed E-state index contributed by atoms with van der Waals surface area (Å²) in [5, 5.41) is 14.5. The summed E-state index contributed by atoms with van der Waals surface area (Å²) in [6, 6.07) is 4.04. The lowest BCUT2D eigenvalue weighted by Gasteiger charge is -2.36. The number of amides is 1. The van der Waals surface area contributed by atoms with Crippen molar-refractivity contribution in [2.45, 2.75) is 54.0 Å². The Morgan fingerprint density at radius 1 is 1.21 bits per heavy atom. The van der Waals surface area contributed by atoms with Gasteiger partial charge < -0.3 is 15.3 Å². The van der Waals surface area contributed by atoms with Gasteiger partial charge in [0.2, 0.25) is 18.0 Å². The Morgan fingerprint density at radius 2 is 1.85 bits per heavy atom. The summed E-state index contributed by atoms with van der Waals surface area (Å²) in [5.74, 6) is -0.358. The normalized spacial score (nSPS) is 21.6. The molecule has 1 amide bonds. The predicted molar refractivity (Wildman–Crippen MR) is 133 cm³/mol. The summed E-state index contributed by atoms with van der Waals surface area (Å²) in [4.78, 5) is 15.1. The molecule has 3 rings (SSSR count). The minimum atomic E-state index is -3.49. The number of rotatable bonds is 5. The molecule has 3 N–H and O–H groups in total. The molecule has 0 saturated heterocycles. The maximum absolute atomic E-state index is 13.4. The first-order valence-corrected chi connectivity index (χ1v) is 14.0. The highest BCUT2D eigenvalue weighted by Crippen LogP contribution is 2.40. The Balaban J connectivity index is 1.97. The van der Waals surface area contributed by atoms with Gasteiger partial charge in [0.25, 0.3) is 5.91 Å². The van der Waals surface area contributed by atoms with Crippen molar-refractivity contribution in [3.63, 3.8) is 0 Å². The molecule has 9 nitrogen and oxygen atoms in total. The number of nitrogens with zero attached hydrogens (tertiary/aromatic N) is 2. The molecule has 0 aromatic heterocycles. The average Bonchev–Trinajstić information content (AvgIpc) is 2.88. The van der Waals surface area contributed by atoms with Crippen molar-refractivity contribution in [1.29, 1.82) is 0 Å². The minimum Gasteiger partial charge on any atom is -0.509 e. The quantitative estimate of drug-likeness (QED) is 0.536. The Hall–Kier alpha value is -2.32. The fraction of sp³-hybridized carbons (Fsp3) is 0.545. The lowest BCUT2D eigenvalue weighted by atomic mass is 9.84. The molecule has 2 aliphatic rings. The van der Waals surface area contributed by atoms with Gasteiger partial charge in [0.1, 0.15) is 17.2 Å². The number of benzene rings is 1. The fourth-order valence-corrected chi connectivity index (χ4v) is 5.69. The van der Waals surface area contributed by atoms with Crippen LogP contribution in [0.25, 0.3) is 0 Å². The second-order valence-electron chi connectivity index (χ2n) is 10.9. The van der Waals surface area contributed by atoms with E-state index >= 15 is 0 Å². The third-order valence-corrected chi connectivity index (χ3v) is 7.39. The van der Waals surface area contributed by atoms with Crippen LogP contribution in [0.1, 0.15) is 48.0 Å². The summed E-state index contributed by atoms with van der Waals surface area (Å²) < 4.78 is 42.5. The zero-order valence-electron chi connectivity index (χ0n) is 20.1. The van der Waals surface area contributed by atoms with Crippen molar-refractivity contribution in [3.8, 4) is 0 Å². The van der Waals surface area contributed by atoms with Gasteiger partial charge in [-0.1, -0.05) is 41.5 Å². The standard InChI is InChI=1S/C22H33N4O5PS/c1-21(2,3)10-11-26-18(22(4,5)6)17(27)16(20(26)28)19-23-14-9-8-13(25-33(7,30)31)12-15(14)32(29)24-19/h8-9,12,18,25,27,32H,10-11H2,1-7H3,(H,23,24,29)/t18-/m1/s1. The van der Waals surface area contributed by atoms with Crippen molar-refractivity contribution < 1.29 is 22.9 Å². The molecule has 0 spiro atoms. The van der Waals surface area contributed by atoms with Crippen molar-refractivity contribution in [2.75, 3.05) is 22.8 Å². The Bertz CT molecular complexity index is 1180. The van der Waals surface area contributed by atoms with Gasteiger partial charge in [0.05, 0.1) is 23.3 Å². The van der Waals surface area contributed by atoms with Crippen LogP contribution in [0.3, 0.4) is 0 Å². The number of anilines is 2. The highest BCUT2D eigenvalue weighted by Gasteiger charge is 2.47. The number of fused-ring (bicyclic) bond motifs is 1. The van der Waals surface area contributed by atoms with Gasteiger partial charge in [-0.3, -0.25) is 14.1 Å². The fourth-order valence-electron chi connectivity index (χ4n) is 3.98. The van der Waals surface area contributed by atoms with E-state index in [-0.39, 0.29) is 34.2 Å². The number of amidine groups is 1. The zero-order valence-corrected chi connectivity index (χ0v) is 21.9. The van der Waals surface area contributed by atoms with Crippen molar-refractivity contribution in [1.82, 2.24) is 4.90 Å². The predicted octanol–water partition coefficient (Wildman–Crippen LogP) is 3.49. The number of carbonyl (C=O) groups excluding carboxylic acids is 1. The summed E-state index contributed by atoms with van der Waals surface area (Å²) in [6.45, 7) is 12.6. The first-order valence-electron chi connectivity index (χ1n) is 10.7. The van der Waals surface area contributed by atoms with Crippen molar-refractivity contribution in [2.24, 2.45) is 15.6 Å². The number of hydrogen-bond donors (Lipinski definition) is 3. The minimum absolute atomic E-state index is 0.00350. The number of carbonyl (C=O) groups is 1. The van der Waals surface area contributed by atoms with Gasteiger partial charge in [0, 0.05) is 12.2 Å². The third-order valence-electron chi connectivity index (χ3n) is 5.48.